The summed E-state index contributed by atoms with van der Waals surface area (Å²) in [7, 11) is 0. The van der Waals surface area contributed by atoms with Crippen molar-refractivity contribution in [1.29, 1.82) is 0 Å². The van der Waals surface area contributed by atoms with E-state index < -0.39 is 0 Å². The molecule has 2 rings (SSSR count). The molecule has 6 heteroatoms. The van der Waals surface area contributed by atoms with Crippen LogP contribution in [0.3, 0.4) is 0 Å². The average Bonchev–Trinajstić information content (AvgIpc) is 2.74. The predicted molar refractivity (Wildman–Crippen MR) is 64.7 cm³/mol. The first-order chi connectivity index (χ1) is 7.36. The van der Waals surface area contributed by atoms with Gasteiger partial charge >= 0.3 is 0 Å². The van der Waals surface area contributed by atoms with E-state index in [2.05, 4.69) is 20.8 Å². The lowest BCUT2D eigenvalue weighted by Crippen LogP contribution is -2.30. The molecular formula is C10H12ClFN4. The summed E-state index contributed by atoms with van der Waals surface area (Å²) in [6.45, 7) is 1.56. The number of hydrazone groups is 1. The summed E-state index contributed by atoms with van der Waals surface area (Å²) in [5.74, 6) is 0.340. The highest BCUT2D eigenvalue weighted by molar-refractivity contribution is 5.85. The maximum absolute atomic E-state index is 13.1. The van der Waals surface area contributed by atoms with Gasteiger partial charge in [-0.15, -0.1) is 12.4 Å². The second-order valence-corrected chi connectivity index (χ2v) is 3.05. The third-order valence-corrected chi connectivity index (χ3v) is 1.95. The Hall–Kier alpha value is -1.62. The Morgan fingerprint density at radius 3 is 2.94 bits per heavy atom. The molecule has 0 atom stereocenters. The first kappa shape index (κ1) is 12.4. The third-order valence-electron chi connectivity index (χ3n) is 1.95. The largest absolute Gasteiger partial charge is 0.353 e. The van der Waals surface area contributed by atoms with Crippen molar-refractivity contribution in [3.8, 4) is 0 Å². The lowest BCUT2D eigenvalue weighted by Gasteiger charge is -1.99. The molecule has 0 fully saturated rings. The molecule has 0 saturated heterocycles. The van der Waals surface area contributed by atoms with Crippen molar-refractivity contribution in [1.82, 2.24) is 10.7 Å². The van der Waals surface area contributed by atoms with Gasteiger partial charge in [0.2, 0.25) is 5.96 Å². The summed E-state index contributed by atoms with van der Waals surface area (Å²) in [5.41, 5.74) is 3.15. The number of hydrogen-bond acceptors (Lipinski definition) is 4. The molecule has 2 N–H and O–H groups in total. The van der Waals surface area contributed by atoms with E-state index in [0.717, 1.165) is 13.1 Å². The zero-order chi connectivity index (χ0) is 10.5. The number of hydrogen-bond donors (Lipinski definition) is 2. The number of benzene rings is 1. The van der Waals surface area contributed by atoms with Crippen LogP contribution in [0.25, 0.3) is 0 Å². The minimum Gasteiger partial charge on any atom is -0.353 e. The van der Waals surface area contributed by atoms with Gasteiger partial charge in [-0.05, 0) is 6.07 Å². The quantitative estimate of drug-likeness (QED) is 0.603. The van der Waals surface area contributed by atoms with Crippen LogP contribution in [0.2, 0.25) is 0 Å². The van der Waals surface area contributed by atoms with Crippen LogP contribution in [0.1, 0.15) is 5.56 Å². The fourth-order valence-corrected chi connectivity index (χ4v) is 1.22. The fraction of sp³-hybridized carbons (Fsp3) is 0.200. The van der Waals surface area contributed by atoms with Gasteiger partial charge in [0.05, 0.1) is 12.8 Å². The second kappa shape index (κ2) is 6.07. The van der Waals surface area contributed by atoms with Crippen LogP contribution in [0, 0.1) is 5.82 Å². The van der Waals surface area contributed by atoms with Crippen molar-refractivity contribution < 1.29 is 4.39 Å². The lowest BCUT2D eigenvalue weighted by molar-refractivity contribution is 0.626. The first-order valence-corrected chi connectivity index (χ1v) is 4.68. The summed E-state index contributed by atoms with van der Waals surface area (Å²) in [6.07, 6.45) is 1.43. The van der Waals surface area contributed by atoms with Crippen LogP contribution in [0.4, 0.5) is 4.39 Å². The Morgan fingerprint density at radius 2 is 2.25 bits per heavy atom. The summed E-state index contributed by atoms with van der Waals surface area (Å²) in [4.78, 5) is 4.08. The third kappa shape index (κ3) is 3.20. The van der Waals surface area contributed by atoms with E-state index >= 15 is 0 Å². The molecule has 0 aliphatic carbocycles. The number of rotatable bonds is 2. The van der Waals surface area contributed by atoms with Crippen LogP contribution >= 0.6 is 12.4 Å². The van der Waals surface area contributed by atoms with Crippen molar-refractivity contribution in [3.05, 3.63) is 35.6 Å². The van der Waals surface area contributed by atoms with Gasteiger partial charge in [-0.3, -0.25) is 0 Å². The predicted octanol–water partition coefficient (Wildman–Crippen LogP) is 1.13. The molecule has 86 valence electrons. The normalized spacial score (nSPS) is 14.2. The maximum atomic E-state index is 13.1. The van der Waals surface area contributed by atoms with E-state index in [-0.39, 0.29) is 18.2 Å². The highest BCUT2D eigenvalue weighted by atomic mass is 35.5. The minimum absolute atomic E-state index is 0. The number of aliphatic imine (C=N–C) groups is 1. The Labute approximate surface area is 99.1 Å². The topological polar surface area (TPSA) is 48.8 Å². The molecule has 4 nitrogen and oxygen atoms in total. The molecule has 0 radical (unpaired) electrons. The molecule has 1 aliphatic heterocycles. The summed E-state index contributed by atoms with van der Waals surface area (Å²) < 4.78 is 13.1. The number of nitrogens with one attached hydrogen (secondary N) is 2. The van der Waals surface area contributed by atoms with Gasteiger partial charge in [0.15, 0.2) is 0 Å². The van der Waals surface area contributed by atoms with E-state index in [1.807, 2.05) is 0 Å². The molecule has 0 saturated carbocycles. The van der Waals surface area contributed by atoms with Gasteiger partial charge in [0, 0.05) is 12.1 Å². The first-order valence-electron chi connectivity index (χ1n) is 4.68. The Morgan fingerprint density at radius 1 is 1.44 bits per heavy atom. The van der Waals surface area contributed by atoms with Gasteiger partial charge in [0.1, 0.15) is 5.82 Å². The molecule has 1 aliphatic rings. The van der Waals surface area contributed by atoms with E-state index in [0.29, 0.717) is 11.5 Å². The Kier molecular flexibility index (Phi) is 4.72. The molecule has 16 heavy (non-hydrogen) atoms. The van der Waals surface area contributed by atoms with Crippen molar-refractivity contribution in [2.24, 2.45) is 10.1 Å². The van der Waals surface area contributed by atoms with Crippen LogP contribution in [-0.4, -0.2) is 25.3 Å². The average molecular weight is 243 g/mol. The molecule has 1 aromatic rings. The van der Waals surface area contributed by atoms with Crippen molar-refractivity contribution >= 4 is 24.6 Å². The van der Waals surface area contributed by atoms with Gasteiger partial charge in [-0.2, -0.15) is 5.10 Å². The SMILES string of the molecule is Cl.Fc1ccccc1/C=N/NC1=NCCN1. The standard InChI is InChI=1S/C10H11FN4.ClH/c11-9-4-2-1-3-8(9)7-14-15-10-12-5-6-13-10;/h1-4,7H,5-6H2,(H2,12,13,15);1H/b14-7+;. The molecule has 0 unspecified atom stereocenters. The molecule has 0 amide bonds. The van der Waals surface area contributed by atoms with E-state index in [1.54, 1.807) is 18.2 Å². The molecule has 0 spiro atoms. The molecule has 1 aromatic carbocycles. The Bertz CT molecular complexity index is 406. The zero-order valence-electron chi connectivity index (χ0n) is 8.48. The number of guanidine groups is 1. The number of nitrogens with zero attached hydrogens (tertiary/aromatic N) is 2. The van der Waals surface area contributed by atoms with Crippen LogP contribution < -0.4 is 10.7 Å². The summed E-state index contributed by atoms with van der Waals surface area (Å²) in [6, 6.07) is 6.45. The van der Waals surface area contributed by atoms with Crippen molar-refractivity contribution in [2.45, 2.75) is 0 Å². The van der Waals surface area contributed by atoms with E-state index in [4.69, 9.17) is 0 Å². The minimum atomic E-state index is -0.288. The van der Waals surface area contributed by atoms with Gasteiger partial charge < -0.3 is 5.32 Å². The van der Waals surface area contributed by atoms with Gasteiger partial charge in [0.25, 0.3) is 0 Å². The van der Waals surface area contributed by atoms with Crippen LogP contribution in [0.5, 0.6) is 0 Å². The molecule has 0 aromatic heterocycles. The molecular weight excluding hydrogens is 231 g/mol. The summed E-state index contributed by atoms with van der Waals surface area (Å²) >= 11 is 0. The molecule has 1 heterocycles. The zero-order valence-corrected chi connectivity index (χ0v) is 9.30. The highest BCUT2D eigenvalue weighted by Gasteiger charge is 2.01. The van der Waals surface area contributed by atoms with E-state index in [9.17, 15) is 4.39 Å². The van der Waals surface area contributed by atoms with Crippen molar-refractivity contribution in [2.75, 3.05) is 13.1 Å². The van der Waals surface area contributed by atoms with Crippen molar-refractivity contribution in [3.63, 3.8) is 0 Å². The smallest absolute Gasteiger partial charge is 0.212 e. The fourth-order valence-electron chi connectivity index (χ4n) is 1.22. The lowest BCUT2D eigenvalue weighted by atomic mass is 10.2. The van der Waals surface area contributed by atoms with Crippen LogP contribution in [-0.2, 0) is 0 Å². The molecule has 0 bridgehead atoms. The van der Waals surface area contributed by atoms with Gasteiger partial charge in [-0.1, -0.05) is 18.2 Å². The monoisotopic (exact) mass is 242 g/mol. The van der Waals surface area contributed by atoms with Crippen LogP contribution in [0.15, 0.2) is 34.4 Å². The van der Waals surface area contributed by atoms with E-state index in [1.165, 1.54) is 12.3 Å². The maximum Gasteiger partial charge on any atom is 0.212 e. The Balaban J connectivity index is 0.00000128. The van der Waals surface area contributed by atoms with Gasteiger partial charge in [-0.25, -0.2) is 14.8 Å². The summed E-state index contributed by atoms with van der Waals surface area (Å²) in [5, 5.41) is 6.87. The number of halogens is 2. The highest BCUT2D eigenvalue weighted by Crippen LogP contribution is 2.02. The second-order valence-electron chi connectivity index (χ2n) is 3.05.